The van der Waals surface area contributed by atoms with Crippen molar-refractivity contribution in [1.29, 1.82) is 0 Å². The zero-order valence-corrected chi connectivity index (χ0v) is 14.2. The Balaban J connectivity index is 1.44. The van der Waals surface area contributed by atoms with Gasteiger partial charge in [0.1, 0.15) is 0 Å². The van der Waals surface area contributed by atoms with Gasteiger partial charge in [-0.25, -0.2) is 0 Å². The molecule has 0 radical (unpaired) electrons. The number of carbonyl (C=O) groups is 2. The van der Waals surface area contributed by atoms with E-state index in [0.717, 1.165) is 84.0 Å². The fourth-order valence-electron chi connectivity index (χ4n) is 4.41. The van der Waals surface area contributed by atoms with Crippen LogP contribution in [-0.4, -0.2) is 53.8 Å². The first-order valence-electron chi connectivity index (χ1n) is 9.45. The summed E-state index contributed by atoms with van der Waals surface area (Å²) < 4.78 is 0. The maximum absolute atomic E-state index is 12.7. The lowest BCUT2D eigenvalue weighted by Crippen LogP contribution is -2.46. The van der Waals surface area contributed by atoms with Crippen molar-refractivity contribution in [3.05, 3.63) is 0 Å². The minimum atomic E-state index is 0.152. The Kier molecular flexibility index (Phi) is 5.57. The molecule has 0 aromatic rings. The van der Waals surface area contributed by atoms with Crippen LogP contribution in [0.2, 0.25) is 0 Å². The molecule has 2 N–H and O–H groups in total. The van der Waals surface area contributed by atoms with Gasteiger partial charge >= 0.3 is 0 Å². The smallest absolute Gasteiger partial charge is 0.225 e. The minimum Gasteiger partial charge on any atom is -0.342 e. The van der Waals surface area contributed by atoms with Crippen molar-refractivity contribution in [2.24, 2.45) is 17.6 Å². The standard InChI is InChI=1S/C18H31N3O2/c19-16-5-3-4-15(12-16)18(23)20-10-7-14(8-11-20)13-21-9-2-1-6-17(21)22/h14-16H,1-13,19H2. The molecular weight excluding hydrogens is 290 g/mol. The van der Waals surface area contributed by atoms with Crippen molar-refractivity contribution >= 4 is 11.8 Å². The van der Waals surface area contributed by atoms with Crippen molar-refractivity contribution in [3.8, 4) is 0 Å². The first-order chi connectivity index (χ1) is 11.1. The number of nitrogens with two attached hydrogens (primary N) is 1. The molecule has 2 atom stereocenters. The van der Waals surface area contributed by atoms with E-state index in [2.05, 4.69) is 4.90 Å². The normalized spacial score (nSPS) is 30.6. The van der Waals surface area contributed by atoms with Gasteiger partial charge in [0, 0.05) is 44.6 Å². The van der Waals surface area contributed by atoms with Crippen LogP contribution in [0.25, 0.3) is 0 Å². The molecule has 1 aliphatic carbocycles. The summed E-state index contributed by atoms with van der Waals surface area (Å²) in [6, 6.07) is 0.209. The molecule has 23 heavy (non-hydrogen) atoms. The molecule has 2 heterocycles. The Bertz CT molecular complexity index is 432. The third kappa shape index (κ3) is 4.25. The van der Waals surface area contributed by atoms with Gasteiger partial charge in [-0.15, -0.1) is 0 Å². The van der Waals surface area contributed by atoms with Crippen LogP contribution in [0.5, 0.6) is 0 Å². The molecule has 0 spiro atoms. The first-order valence-corrected chi connectivity index (χ1v) is 9.45. The summed E-state index contributed by atoms with van der Waals surface area (Å²) in [6.45, 7) is 3.54. The molecule has 3 fully saturated rings. The lowest BCUT2D eigenvalue weighted by Gasteiger charge is -2.38. The Labute approximate surface area is 139 Å². The maximum atomic E-state index is 12.7. The highest BCUT2D eigenvalue weighted by Gasteiger charge is 2.32. The molecule has 2 unspecified atom stereocenters. The Morgan fingerprint density at radius 1 is 1.04 bits per heavy atom. The molecule has 2 amide bonds. The summed E-state index contributed by atoms with van der Waals surface area (Å²) >= 11 is 0. The second-order valence-electron chi connectivity index (χ2n) is 7.69. The van der Waals surface area contributed by atoms with Crippen LogP contribution >= 0.6 is 0 Å². The highest BCUT2D eigenvalue weighted by molar-refractivity contribution is 5.79. The number of hydrogen-bond donors (Lipinski definition) is 1. The van der Waals surface area contributed by atoms with Crippen LogP contribution in [0.4, 0.5) is 0 Å². The number of piperidine rings is 2. The quantitative estimate of drug-likeness (QED) is 0.861. The number of carbonyl (C=O) groups excluding carboxylic acids is 2. The van der Waals surface area contributed by atoms with Gasteiger partial charge in [0.2, 0.25) is 11.8 Å². The van der Waals surface area contributed by atoms with E-state index < -0.39 is 0 Å². The van der Waals surface area contributed by atoms with Crippen LogP contribution in [0.1, 0.15) is 57.8 Å². The summed E-state index contributed by atoms with van der Waals surface area (Å²) in [5.74, 6) is 1.37. The number of likely N-dealkylation sites (tertiary alicyclic amines) is 2. The fourth-order valence-corrected chi connectivity index (χ4v) is 4.41. The molecule has 0 bridgehead atoms. The summed E-state index contributed by atoms with van der Waals surface area (Å²) in [5, 5.41) is 0. The molecule has 3 rings (SSSR count). The van der Waals surface area contributed by atoms with Crippen molar-refractivity contribution in [1.82, 2.24) is 9.80 Å². The van der Waals surface area contributed by atoms with E-state index in [-0.39, 0.29) is 12.0 Å². The van der Waals surface area contributed by atoms with Gasteiger partial charge in [-0.2, -0.15) is 0 Å². The van der Waals surface area contributed by atoms with E-state index in [1.54, 1.807) is 0 Å². The summed E-state index contributed by atoms with van der Waals surface area (Å²) in [4.78, 5) is 28.7. The molecule has 0 aromatic heterocycles. The van der Waals surface area contributed by atoms with E-state index in [1.165, 1.54) is 0 Å². The number of hydrogen-bond acceptors (Lipinski definition) is 3. The van der Waals surface area contributed by atoms with Crippen molar-refractivity contribution in [3.63, 3.8) is 0 Å². The Hall–Kier alpha value is -1.10. The van der Waals surface area contributed by atoms with Crippen LogP contribution in [0.3, 0.4) is 0 Å². The van der Waals surface area contributed by atoms with Gasteiger partial charge in [0.15, 0.2) is 0 Å². The summed E-state index contributed by atoms with van der Waals surface area (Å²) in [7, 11) is 0. The SMILES string of the molecule is NC1CCCC(C(=O)N2CCC(CN3CCCCC3=O)CC2)C1. The molecule has 1 saturated carbocycles. The van der Waals surface area contributed by atoms with E-state index in [4.69, 9.17) is 5.73 Å². The van der Waals surface area contributed by atoms with Crippen LogP contribution < -0.4 is 5.73 Å². The first kappa shape index (κ1) is 16.7. The predicted molar refractivity (Wildman–Crippen MR) is 89.7 cm³/mol. The van der Waals surface area contributed by atoms with Crippen LogP contribution in [0, 0.1) is 11.8 Å². The van der Waals surface area contributed by atoms with Crippen molar-refractivity contribution in [2.75, 3.05) is 26.2 Å². The van der Waals surface area contributed by atoms with E-state index in [9.17, 15) is 9.59 Å². The topological polar surface area (TPSA) is 66.6 Å². The highest BCUT2D eigenvalue weighted by atomic mass is 16.2. The summed E-state index contributed by atoms with van der Waals surface area (Å²) in [6.07, 6.45) is 9.01. The predicted octanol–water partition coefficient (Wildman–Crippen LogP) is 1.75. The van der Waals surface area contributed by atoms with E-state index in [0.29, 0.717) is 17.7 Å². The molecule has 130 valence electrons. The molecule has 2 aliphatic heterocycles. The molecule has 0 aromatic carbocycles. The average Bonchev–Trinajstić information content (AvgIpc) is 2.57. The Morgan fingerprint density at radius 3 is 2.52 bits per heavy atom. The van der Waals surface area contributed by atoms with Crippen LogP contribution in [0.15, 0.2) is 0 Å². The second kappa shape index (κ2) is 7.65. The number of amides is 2. The van der Waals surface area contributed by atoms with E-state index in [1.807, 2.05) is 4.90 Å². The van der Waals surface area contributed by atoms with Gasteiger partial charge in [-0.05, 0) is 50.9 Å². The molecule has 5 heteroatoms. The van der Waals surface area contributed by atoms with Gasteiger partial charge in [-0.3, -0.25) is 9.59 Å². The minimum absolute atomic E-state index is 0.152. The van der Waals surface area contributed by atoms with Gasteiger partial charge in [0.05, 0.1) is 0 Å². The van der Waals surface area contributed by atoms with Crippen LogP contribution in [-0.2, 0) is 9.59 Å². The number of nitrogens with zero attached hydrogens (tertiary/aromatic N) is 2. The highest BCUT2D eigenvalue weighted by Crippen LogP contribution is 2.27. The lowest BCUT2D eigenvalue weighted by molar-refractivity contribution is -0.139. The molecule has 3 aliphatic rings. The van der Waals surface area contributed by atoms with E-state index >= 15 is 0 Å². The Morgan fingerprint density at radius 2 is 1.83 bits per heavy atom. The zero-order valence-electron chi connectivity index (χ0n) is 14.2. The molecular formula is C18H31N3O2. The monoisotopic (exact) mass is 321 g/mol. The number of rotatable bonds is 3. The van der Waals surface area contributed by atoms with Gasteiger partial charge in [-0.1, -0.05) is 6.42 Å². The van der Waals surface area contributed by atoms with Crippen molar-refractivity contribution in [2.45, 2.75) is 63.8 Å². The summed E-state index contributed by atoms with van der Waals surface area (Å²) in [5.41, 5.74) is 6.02. The second-order valence-corrected chi connectivity index (χ2v) is 7.69. The zero-order chi connectivity index (χ0) is 16.2. The average molecular weight is 321 g/mol. The largest absolute Gasteiger partial charge is 0.342 e. The fraction of sp³-hybridized carbons (Fsp3) is 0.889. The van der Waals surface area contributed by atoms with Gasteiger partial charge < -0.3 is 15.5 Å². The maximum Gasteiger partial charge on any atom is 0.225 e. The molecule has 2 saturated heterocycles. The third-order valence-corrected chi connectivity index (χ3v) is 5.89. The third-order valence-electron chi connectivity index (χ3n) is 5.89. The molecule has 5 nitrogen and oxygen atoms in total. The van der Waals surface area contributed by atoms with Crippen molar-refractivity contribution < 1.29 is 9.59 Å². The lowest BCUT2D eigenvalue weighted by atomic mass is 9.84. The van der Waals surface area contributed by atoms with Gasteiger partial charge in [0.25, 0.3) is 0 Å².